The van der Waals surface area contributed by atoms with Gasteiger partial charge in [0.25, 0.3) is 5.91 Å². The highest BCUT2D eigenvalue weighted by Crippen LogP contribution is 2.37. The number of unbranched alkanes of at least 4 members (excludes halogenated alkanes) is 1. The van der Waals surface area contributed by atoms with Crippen LogP contribution in [-0.2, 0) is 22.6 Å². The molecule has 1 heterocycles. The number of rotatable bonds is 13. The average Bonchev–Trinajstić information content (AvgIpc) is 3.27. The van der Waals surface area contributed by atoms with Crippen molar-refractivity contribution in [1.29, 1.82) is 0 Å². The SMILES string of the molecule is CCCCNC(=O)[C@@H](Cc1ccccc1)N(Cc1cccc(Br)c1)C(=O)CCCN1C(=O)c2cccc3cccc1c23. The summed E-state index contributed by atoms with van der Waals surface area (Å²) in [5.74, 6) is -0.283. The van der Waals surface area contributed by atoms with Crippen molar-refractivity contribution in [3.8, 4) is 0 Å². The third-order valence-corrected chi connectivity index (χ3v) is 8.26. The Bertz CT molecular complexity index is 1570. The van der Waals surface area contributed by atoms with E-state index in [9.17, 15) is 14.4 Å². The van der Waals surface area contributed by atoms with E-state index in [1.54, 1.807) is 9.80 Å². The molecule has 1 aliphatic rings. The summed E-state index contributed by atoms with van der Waals surface area (Å²) in [6.07, 6.45) is 2.97. The van der Waals surface area contributed by atoms with Gasteiger partial charge in [-0.05, 0) is 53.6 Å². The summed E-state index contributed by atoms with van der Waals surface area (Å²) in [4.78, 5) is 44.4. The maximum Gasteiger partial charge on any atom is 0.258 e. The van der Waals surface area contributed by atoms with Crippen LogP contribution < -0.4 is 10.2 Å². The molecule has 0 saturated carbocycles. The van der Waals surface area contributed by atoms with Gasteiger partial charge in [-0.1, -0.05) is 96.0 Å². The first-order chi connectivity index (χ1) is 20.5. The zero-order valence-electron chi connectivity index (χ0n) is 23.9. The lowest BCUT2D eigenvalue weighted by atomic mass is 10.0. The first-order valence-electron chi connectivity index (χ1n) is 14.7. The minimum atomic E-state index is -0.665. The molecule has 4 aromatic carbocycles. The Morgan fingerprint density at radius 2 is 1.64 bits per heavy atom. The van der Waals surface area contributed by atoms with Gasteiger partial charge in [0.05, 0.1) is 5.69 Å². The van der Waals surface area contributed by atoms with E-state index in [4.69, 9.17) is 0 Å². The van der Waals surface area contributed by atoms with E-state index in [0.29, 0.717) is 38.0 Å². The fourth-order valence-electron chi connectivity index (χ4n) is 5.63. The maximum atomic E-state index is 14.0. The number of anilines is 1. The van der Waals surface area contributed by atoms with Crippen molar-refractivity contribution >= 4 is 50.1 Å². The number of benzene rings is 4. The van der Waals surface area contributed by atoms with Crippen LogP contribution >= 0.6 is 15.9 Å². The number of nitrogens with one attached hydrogen (secondary N) is 1. The third kappa shape index (κ3) is 6.73. The second kappa shape index (κ2) is 13.8. The predicted molar refractivity (Wildman–Crippen MR) is 171 cm³/mol. The molecule has 0 aromatic heterocycles. The van der Waals surface area contributed by atoms with Crippen LogP contribution in [-0.4, -0.2) is 41.8 Å². The van der Waals surface area contributed by atoms with Crippen molar-refractivity contribution in [2.45, 2.75) is 51.6 Å². The molecule has 42 heavy (non-hydrogen) atoms. The fourth-order valence-corrected chi connectivity index (χ4v) is 6.07. The lowest BCUT2D eigenvalue weighted by Gasteiger charge is -2.32. The summed E-state index contributed by atoms with van der Waals surface area (Å²) in [6, 6.07) is 28.7. The van der Waals surface area contributed by atoms with Crippen LogP contribution in [0.1, 0.15) is 54.1 Å². The number of amides is 3. The van der Waals surface area contributed by atoms with E-state index in [1.807, 2.05) is 91.0 Å². The largest absolute Gasteiger partial charge is 0.354 e. The smallest absolute Gasteiger partial charge is 0.258 e. The second-order valence-electron chi connectivity index (χ2n) is 10.7. The van der Waals surface area contributed by atoms with Crippen LogP contribution in [0.5, 0.6) is 0 Å². The average molecular weight is 627 g/mol. The van der Waals surface area contributed by atoms with E-state index in [0.717, 1.165) is 44.9 Å². The molecule has 1 N–H and O–H groups in total. The van der Waals surface area contributed by atoms with E-state index in [2.05, 4.69) is 28.2 Å². The van der Waals surface area contributed by atoms with Crippen LogP contribution in [0.2, 0.25) is 0 Å². The van der Waals surface area contributed by atoms with Crippen molar-refractivity contribution < 1.29 is 14.4 Å². The molecular weight excluding hydrogens is 590 g/mol. The summed E-state index contributed by atoms with van der Waals surface area (Å²) in [7, 11) is 0. The van der Waals surface area contributed by atoms with E-state index in [-0.39, 0.29) is 24.1 Å². The van der Waals surface area contributed by atoms with Gasteiger partial charge < -0.3 is 15.1 Å². The Morgan fingerprint density at radius 1 is 0.905 bits per heavy atom. The lowest BCUT2D eigenvalue weighted by molar-refractivity contribution is -0.141. The van der Waals surface area contributed by atoms with Crippen LogP contribution in [0.3, 0.4) is 0 Å². The Hall–Kier alpha value is -3.97. The highest BCUT2D eigenvalue weighted by Gasteiger charge is 2.32. The lowest BCUT2D eigenvalue weighted by Crippen LogP contribution is -2.50. The van der Waals surface area contributed by atoms with Gasteiger partial charge in [0, 0.05) is 47.9 Å². The van der Waals surface area contributed by atoms with Gasteiger partial charge in [-0.15, -0.1) is 0 Å². The quantitative estimate of drug-likeness (QED) is 0.164. The van der Waals surface area contributed by atoms with Crippen molar-refractivity contribution in [3.63, 3.8) is 0 Å². The number of carbonyl (C=O) groups is 3. The maximum absolute atomic E-state index is 14.0. The van der Waals surface area contributed by atoms with Gasteiger partial charge in [0.15, 0.2) is 0 Å². The summed E-state index contributed by atoms with van der Waals surface area (Å²) in [5, 5.41) is 5.08. The first-order valence-corrected chi connectivity index (χ1v) is 15.4. The minimum absolute atomic E-state index is 0.0301. The Kier molecular flexibility index (Phi) is 9.70. The van der Waals surface area contributed by atoms with E-state index < -0.39 is 6.04 Å². The molecule has 3 amide bonds. The summed E-state index contributed by atoms with van der Waals surface area (Å²) in [6.45, 7) is 3.39. The number of hydrogen-bond donors (Lipinski definition) is 1. The van der Waals surface area contributed by atoms with Crippen LogP contribution in [0, 0.1) is 0 Å². The topological polar surface area (TPSA) is 69.7 Å². The zero-order valence-corrected chi connectivity index (χ0v) is 25.5. The van der Waals surface area contributed by atoms with Crippen LogP contribution in [0.25, 0.3) is 10.8 Å². The standard InChI is InChI=1S/C35H36BrN3O3/c1-2-3-20-37-34(41)31(23-25-11-5-4-6-12-25)39(24-26-13-7-16-28(36)22-26)32(40)19-10-21-38-30-18-9-15-27-14-8-17-29(33(27)30)35(38)42/h4-9,11-18,22,31H,2-3,10,19-21,23-24H2,1H3,(H,37,41)/t31-/m1/s1. The Labute approximate surface area is 255 Å². The minimum Gasteiger partial charge on any atom is -0.354 e. The van der Waals surface area contributed by atoms with Crippen LogP contribution in [0.15, 0.2) is 95.5 Å². The molecule has 7 heteroatoms. The van der Waals surface area contributed by atoms with Gasteiger partial charge in [-0.2, -0.15) is 0 Å². The molecule has 1 atom stereocenters. The molecule has 0 unspecified atom stereocenters. The highest BCUT2D eigenvalue weighted by atomic mass is 79.9. The van der Waals surface area contributed by atoms with Gasteiger partial charge in [0.1, 0.15) is 6.04 Å². The summed E-state index contributed by atoms with van der Waals surface area (Å²) >= 11 is 3.54. The van der Waals surface area contributed by atoms with Gasteiger partial charge in [-0.3, -0.25) is 14.4 Å². The number of nitrogens with zero attached hydrogens (tertiary/aromatic N) is 2. The molecule has 0 saturated heterocycles. The molecule has 0 fully saturated rings. The normalized spacial score (nSPS) is 12.9. The van der Waals surface area contributed by atoms with Crippen molar-refractivity contribution in [3.05, 3.63) is 112 Å². The Morgan fingerprint density at radius 3 is 2.40 bits per heavy atom. The fraction of sp³-hybridized carbons (Fsp3) is 0.286. The Balaban J connectivity index is 1.36. The van der Waals surface area contributed by atoms with E-state index >= 15 is 0 Å². The summed E-state index contributed by atoms with van der Waals surface area (Å²) in [5.41, 5.74) is 3.53. The zero-order chi connectivity index (χ0) is 29.5. The van der Waals surface area contributed by atoms with Gasteiger partial charge in [-0.25, -0.2) is 0 Å². The van der Waals surface area contributed by atoms with Crippen LogP contribution in [0.4, 0.5) is 5.69 Å². The molecule has 216 valence electrons. The third-order valence-electron chi connectivity index (χ3n) is 7.76. The molecule has 4 aromatic rings. The number of hydrogen-bond acceptors (Lipinski definition) is 3. The molecular formula is C35H36BrN3O3. The first kappa shape index (κ1) is 29.5. The van der Waals surface area contributed by atoms with Crippen molar-refractivity contribution in [2.24, 2.45) is 0 Å². The molecule has 1 aliphatic heterocycles. The van der Waals surface area contributed by atoms with Crippen molar-refractivity contribution in [2.75, 3.05) is 18.0 Å². The molecule has 0 bridgehead atoms. The molecule has 0 spiro atoms. The number of carbonyl (C=O) groups excluding carboxylic acids is 3. The number of halogens is 1. The molecule has 0 radical (unpaired) electrons. The predicted octanol–water partition coefficient (Wildman–Crippen LogP) is 6.90. The molecule has 0 aliphatic carbocycles. The van der Waals surface area contributed by atoms with Crippen molar-refractivity contribution in [1.82, 2.24) is 10.2 Å². The molecule has 5 rings (SSSR count). The second-order valence-corrected chi connectivity index (χ2v) is 11.7. The van der Waals surface area contributed by atoms with E-state index in [1.165, 1.54) is 0 Å². The van der Waals surface area contributed by atoms with Gasteiger partial charge in [0.2, 0.25) is 11.8 Å². The molecule has 6 nitrogen and oxygen atoms in total. The highest BCUT2D eigenvalue weighted by molar-refractivity contribution is 9.10. The van der Waals surface area contributed by atoms with Gasteiger partial charge >= 0.3 is 0 Å². The monoisotopic (exact) mass is 625 g/mol. The summed E-state index contributed by atoms with van der Waals surface area (Å²) < 4.78 is 0.917.